The van der Waals surface area contributed by atoms with Crippen LogP contribution in [0.1, 0.15) is 33.1 Å². The second-order valence-electron chi connectivity index (χ2n) is 7.40. The Kier molecular flexibility index (Phi) is 7.07. The van der Waals surface area contributed by atoms with Crippen molar-refractivity contribution in [2.45, 2.75) is 18.2 Å². The summed E-state index contributed by atoms with van der Waals surface area (Å²) in [5.41, 5.74) is 2.81. The van der Waals surface area contributed by atoms with Gasteiger partial charge in [-0.15, -0.1) is 0 Å². The van der Waals surface area contributed by atoms with Crippen molar-refractivity contribution in [3.8, 4) is 5.75 Å². The first-order chi connectivity index (χ1) is 14.7. The SMILES string of the molecule is COc1ccc(C(Cc2ccc(F)cc2)NC(=O)c2ccc(CS(C)(=O)=O)cc2)cc1. The maximum atomic E-state index is 13.3. The summed E-state index contributed by atoms with van der Waals surface area (Å²) in [4.78, 5) is 12.9. The average Bonchev–Trinajstić information content (AvgIpc) is 2.74. The van der Waals surface area contributed by atoms with Crippen LogP contribution < -0.4 is 10.1 Å². The summed E-state index contributed by atoms with van der Waals surface area (Å²) in [5.74, 6) is 0.0300. The lowest BCUT2D eigenvalue weighted by molar-refractivity contribution is 0.0936. The molecular weight excluding hydrogens is 417 g/mol. The van der Waals surface area contributed by atoms with E-state index in [4.69, 9.17) is 4.74 Å². The summed E-state index contributed by atoms with van der Waals surface area (Å²) in [6.07, 6.45) is 1.65. The molecule has 3 rings (SSSR count). The van der Waals surface area contributed by atoms with Crippen molar-refractivity contribution in [2.75, 3.05) is 13.4 Å². The lowest BCUT2D eigenvalue weighted by Gasteiger charge is -2.20. The second kappa shape index (κ2) is 9.75. The first-order valence-electron chi connectivity index (χ1n) is 9.69. The third-order valence-electron chi connectivity index (χ3n) is 4.82. The molecule has 1 amide bonds. The van der Waals surface area contributed by atoms with Gasteiger partial charge in [0.25, 0.3) is 5.91 Å². The molecule has 0 aromatic heterocycles. The normalized spacial score (nSPS) is 12.2. The zero-order chi connectivity index (χ0) is 22.4. The monoisotopic (exact) mass is 441 g/mol. The number of benzene rings is 3. The number of nitrogens with one attached hydrogen (secondary N) is 1. The van der Waals surface area contributed by atoms with Gasteiger partial charge in [-0.3, -0.25) is 4.79 Å². The van der Waals surface area contributed by atoms with Gasteiger partial charge in [0.1, 0.15) is 11.6 Å². The molecular formula is C24H24FNO4S. The van der Waals surface area contributed by atoms with E-state index in [1.165, 1.54) is 18.4 Å². The maximum Gasteiger partial charge on any atom is 0.251 e. The van der Waals surface area contributed by atoms with Crippen molar-refractivity contribution in [1.82, 2.24) is 5.32 Å². The zero-order valence-electron chi connectivity index (χ0n) is 17.3. The third-order valence-corrected chi connectivity index (χ3v) is 5.68. The number of sulfone groups is 1. The van der Waals surface area contributed by atoms with Crippen LogP contribution in [0.4, 0.5) is 4.39 Å². The molecule has 3 aromatic carbocycles. The van der Waals surface area contributed by atoms with Crippen LogP contribution in [0.15, 0.2) is 72.8 Å². The fraction of sp³-hybridized carbons (Fsp3) is 0.208. The Balaban J connectivity index is 1.81. The molecule has 0 aliphatic carbocycles. The highest BCUT2D eigenvalue weighted by atomic mass is 32.2. The Bertz CT molecular complexity index is 1130. The van der Waals surface area contributed by atoms with Crippen LogP contribution in [0, 0.1) is 5.82 Å². The van der Waals surface area contributed by atoms with E-state index in [0.29, 0.717) is 23.3 Å². The van der Waals surface area contributed by atoms with Gasteiger partial charge in [0, 0.05) is 11.8 Å². The van der Waals surface area contributed by atoms with Gasteiger partial charge in [-0.1, -0.05) is 36.4 Å². The summed E-state index contributed by atoms with van der Waals surface area (Å²) < 4.78 is 41.4. The number of halogens is 1. The number of carbonyl (C=O) groups is 1. The number of methoxy groups -OCH3 is 1. The van der Waals surface area contributed by atoms with Gasteiger partial charge in [-0.25, -0.2) is 12.8 Å². The molecule has 31 heavy (non-hydrogen) atoms. The fourth-order valence-electron chi connectivity index (χ4n) is 3.24. The zero-order valence-corrected chi connectivity index (χ0v) is 18.2. The first kappa shape index (κ1) is 22.5. The number of amides is 1. The number of rotatable bonds is 8. The Hall–Kier alpha value is -3.19. The van der Waals surface area contributed by atoms with Crippen molar-refractivity contribution in [2.24, 2.45) is 0 Å². The number of ether oxygens (including phenoxy) is 1. The van der Waals surface area contributed by atoms with Crippen LogP contribution in [0.3, 0.4) is 0 Å². The van der Waals surface area contributed by atoms with Crippen LogP contribution >= 0.6 is 0 Å². The molecule has 5 nitrogen and oxygen atoms in total. The van der Waals surface area contributed by atoms with E-state index >= 15 is 0 Å². The van der Waals surface area contributed by atoms with Crippen molar-refractivity contribution < 1.29 is 22.3 Å². The predicted molar refractivity (Wildman–Crippen MR) is 118 cm³/mol. The van der Waals surface area contributed by atoms with Gasteiger partial charge in [0.15, 0.2) is 9.84 Å². The molecule has 0 heterocycles. The summed E-state index contributed by atoms with van der Waals surface area (Å²) in [6.45, 7) is 0. The molecule has 0 fully saturated rings. The minimum absolute atomic E-state index is 0.0755. The minimum Gasteiger partial charge on any atom is -0.497 e. The van der Waals surface area contributed by atoms with E-state index in [9.17, 15) is 17.6 Å². The van der Waals surface area contributed by atoms with Crippen LogP contribution in [0.5, 0.6) is 5.75 Å². The molecule has 0 spiro atoms. The minimum atomic E-state index is -3.15. The molecule has 1 unspecified atom stereocenters. The predicted octanol–water partition coefficient (Wildman–Crippen LogP) is 4.09. The summed E-state index contributed by atoms with van der Waals surface area (Å²) >= 11 is 0. The molecule has 1 atom stereocenters. The third kappa shape index (κ3) is 6.65. The van der Waals surface area contributed by atoms with E-state index in [-0.39, 0.29) is 23.5 Å². The van der Waals surface area contributed by atoms with E-state index in [1.54, 1.807) is 43.5 Å². The largest absolute Gasteiger partial charge is 0.497 e. The van der Waals surface area contributed by atoms with E-state index in [1.807, 2.05) is 24.3 Å². The van der Waals surface area contributed by atoms with Crippen molar-refractivity contribution in [3.63, 3.8) is 0 Å². The van der Waals surface area contributed by atoms with E-state index in [2.05, 4.69) is 5.32 Å². The highest BCUT2D eigenvalue weighted by molar-refractivity contribution is 7.89. The lowest BCUT2D eigenvalue weighted by Crippen LogP contribution is -2.30. The van der Waals surface area contributed by atoms with Gasteiger partial charge < -0.3 is 10.1 Å². The molecule has 0 aliphatic rings. The maximum absolute atomic E-state index is 13.3. The molecule has 1 N–H and O–H groups in total. The first-order valence-corrected chi connectivity index (χ1v) is 11.8. The van der Waals surface area contributed by atoms with Gasteiger partial charge in [-0.2, -0.15) is 0 Å². The van der Waals surface area contributed by atoms with Crippen LogP contribution in [0.2, 0.25) is 0 Å². The lowest BCUT2D eigenvalue weighted by atomic mass is 9.98. The highest BCUT2D eigenvalue weighted by Crippen LogP contribution is 2.22. The second-order valence-corrected chi connectivity index (χ2v) is 9.54. The van der Waals surface area contributed by atoms with E-state index < -0.39 is 9.84 Å². The topological polar surface area (TPSA) is 72.5 Å². The van der Waals surface area contributed by atoms with Crippen LogP contribution in [-0.2, 0) is 22.0 Å². The van der Waals surface area contributed by atoms with Crippen molar-refractivity contribution in [1.29, 1.82) is 0 Å². The van der Waals surface area contributed by atoms with Gasteiger partial charge in [0.05, 0.1) is 18.9 Å². The summed E-state index contributed by atoms with van der Waals surface area (Å²) in [7, 11) is -1.56. The van der Waals surface area contributed by atoms with Gasteiger partial charge >= 0.3 is 0 Å². The van der Waals surface area contributed by atoms with Crippen molar-refractivity contribution in [3.05, 3.63) is 101 Å². The van der Waals surface area contributed by atoms with Crippen LogP contribution in [-0.4, -0.2) is 27.7 Å². The molecule has 7 heteroatoms. The molecule has 0 saturated heterocycles. The van der Waals surface area contributed by atoms with E-state index in [0.717, 1.165) is 11.1 Å². The Morgan fingerprint density at radius 3 is 2.06 bits per heavy atom. The average molecular weight is 442 g/mol. The molecule has 162 valence electrons. The van der Waals surface area contributed by atoms with Gasteiger partial charge in [0.2, 0.25) is 0 Å². The summed E-state index contributed by atoms with van der Waals surface area (Å²) in [6, 6.07) is 19.7. The quantitative estimate of drug-likeness (QED) is 0.571. The van der Waals surface area contributed by atoms with Gasteiger partial charge in [-0.05, 0) is 59.5 Å². The summed E-state index contributed by atoms with van der Waals surface area (Å²) in [5, 5.41) is 3.03. The number of carbonyl (C=O) groups excluding carboxylic acids is 1. The molecule has 0 saturated carbocycles. The standard InChI is InChI=1S/C24H24FNO4S/c1-30-22-13-9-19(10-14-22)23(15-17-5-11-21(25)12-6-17)26-24(27)20-7-3-18(4-8-20)16-31(2,28)29/h3-14,23H,15-16H2,1-2H3,(H,26,27). The Morgan fingerprint density at radius 2 is 1.52 bits per heavy atom. The molecule has 0 bridgehead atoms. The molecule has 0 radical (unpaired) electrons. The highest BCUT2D eigenvalue weighted by Gasteiger charge is 2.17. The Morgan fingerprint density at radius 1 is 0.935 bits per heavy atom. The Labute approximate surface area is 181 Å². The molecule has 3 aromatic rings. The van der Waals surface area contributed by atoms with Crippen molar-refractivity contribution >= 4 is 15.7 Å². The fourth-order valence-corrected chi connectivity index (χ4v) is 4.04. The smallest absolute Gasteiger partial charge is 0.251 e. The molecule has 0 aliphatic heterocycles. The number of hydrogen-bond donors (Lipinski definition) is 1. The number of hydrogen-bond acceptors (Lipinski definition) is 4. The van der Waals surface area contributed by atoms with Crippen LogP contribution in [0.25, 0.3) is 0 Å².